The summed E-state index contributed by atoms with van der Waals surface area (Å²) in [5.41, 5.74) is 1.44. The van der Waals surface area contributed by atoms with Crippen LogP contribution < -0.4 is 4.74 Å². The van der Waals surface area contributed by atoms with Gasteiger partial charge >= 0.3 is 5.97 Å². The van der Waals surface area contributed by atoms with E-state index in [2.05, 4.69) is 15.9 Å². The predicted molar refractivity (Wildman–Crippen MR) is 115 cm³/mol. The van der Waals surface area contributed by atoms with E-state index in [-0.39, 0.29) is 5.78 Å². The summed E-state index contributed by atoms with van der Waals surface area (Å²) < 4.78 is 5.99. The summed E-state index contributed by atoms with van der Waals surface area (Å²) in [5.74, 6) is -0.366. The molecule has 0 saturated heterocycles. The summed E-state index contributed by atoms with van der Waals surface area (Å²) >= 11 is 15.5. The average Bonchev–Trinajstić information content (AvgIpc) is 2.68. The first kappa shape index (κ1) is 20.3. The average molecular weight is 476 g/mol. The maximum Gasteiger partial charge on any atom is 0.344 e. The van der Waals surface area contributed by atoms with Crippen LogP contribution in [0.2, 0.25) is 10.0 Å². The van der Waals surface area contributed by atoms with Crippen LogP contribution in [0.5, 0.6) is 5.75 Å². The molecule has 0 unspecified atom stereocenters. The van der Waals surface area contributed by atoms with Crippen LogP contribution in [0.25, 0.3) is 6.08 Å². The van der Waals surface area contributed by atoms with Crippen LogP contribution in [0, 0.1) is 0 Å². The summed E-state index contributed by atoms with van der Waals surface area (Å²) in [6.45, 7) is 0. The molecule has 0 aromatic heterocycles. The van der Waals surface area contributed by atoms with Gasteiger partial charge in [-0.05, 0) is 76.6 Å². The van der Waals surface area contributed by atoms with E-state index < -0.39 is 5.97 Å². The minimum absolute atomic E-state index is 0.223. The molecule has 0 bridgehead atoms. The molecular weight excluding hydrogens is 463 g/mol. The lowest BCUT2D eigenvalue weighted by atomic mass is 10.1. The van der Waals surface area contributed by atoms with Gasteiger partial charge in [-0.3, -0.25) is 4.79 Å². The summed E-state index contributed by atoms with van der Waals surface area (Å²) in [7, 11) is 0. The molecule has 0 heterocycles. The lowest BCUT2D eigenvalue weighted by molar-refractivity contribution is 0.0733. The fourth-order valence-electron chi connectivity index (χ4n) is 2.40. The highest BCUT2D eigenvalue weighted by Gasteiger charge is 2.12. The Morgan fingerprint density at radius 3 is 2.14 bits per heavy atom. The second-order valence-corrected chi connectivity index (χ2v) is 7.40. The quantitative estimate of drug-likeness (QED) is 0.175. The Morgan fingerprint density at radius 2 is 1.50 bits per heavy atom. The molecule has 0 aliphatic carbocycles. The summed E-state index contributed by atoms with van der Waals surface area (Å²) in [5, 5.41) is 0.928. The van der Waals surface area contributed by atoms with Gasteiger partial charge in [-0.15, -0.1) is 0 Å². The van der Waals surface area contributed by atoms with Crippen molar-refractivity contribution in [2.24, 2.45) is 0 Å². The fourth-order valence-corrected chi connectivity index (χ4v) is 3.37. The first-order valence-electron chi connectivity index (χ1n) is 8.19. The number of allylic oxidation sites excluding steroid dienone is 1. The highest BCUT2D eigenvalue weighted by atomic mass is 79.9. The Kier molecular flexibility index (Phi) is 6.68. The van der Waals surface area contributed by atoms with Crippen molar-refractivity contribution in [1.29, 1.82) is 0 Å². The molecule has 0 amide bonds. The molecule has 0 aliphatic heterocycles. The molecule has 28 heavy (non-hydrogen) atoms. The van der Waals surface area contributed by atoms with Crippen molar-refractivity contribution in [2.45, 2.75) is 0 Å². The largest absolute Gasteiger partial charge is 0.423 e. The van der Waals surface area contributed by atoms with Crippen LogP contribution >= 0.6 is 39.1 Å². The SMILES string of the molecule is O=C(C=Cc1c(Cl)cccc1Cl)c1ccc(OC(=O)c2ccccc2Br)cc1. The number of hydrogen-bond donors (Lipinski definition) is 0. The van der Waals surface area contributed by atoms with Crippen molar-refractivity contribution >= 4 is 57.0 Å². The van der Waals surface area contributed by atoms with E-state index in [1.807, 2.05) is 6.07 Å². The predicted octanol–water partition coefficient (Wildman–Crippen LogP) is 6.87. The summed E-state index contributed by atoms with van der Waals surface area (Å²) in [6.07, 6.45) is 2.98. The van der Waals surface area contributed by atoms with Crippen molar-refractivity contribution in [3.05, 3.63) is 104 Å². The van der Waals surface area contributed by atoms with Crippen molar-refractivity contribution in [3.8, 4) is 5.75 Å². The van der Waals surface area contributed by atoms with Gasteiger partial charge in [-0.25, -0.2) is 4.79 Å². The molecule has 0 fully saturated rings. The Labute approximate surface area is 180 Å². The molecule has 140 valence electrons. The first-order chi connectivity index (χ1) is 13.5. The third kappa shape index (κ3) is 4.90. The normalized spacial score (nSPS) is 10.8. The topological polar surface area (TPSA) is 43.4 Å². The van der Waals surface area contributed by atoms with Crippen LogP contribution in [-0.4, -0.2) is 11.8 Å². The number of esters is 1. The van der Waals surface area contributed by atoms with E-state index in [0.29, 0.717) is 37.0 Å². The number of carbonyl (C=O) groups excluding carboxylic acids is 2. The van der Waals surface area contributed by atoms with Gasteiger partial charge in [-0.2, -0.15) is 0 Å². The number of ether oxygens (including phenoxy) is 1. The van der Waals surface area contributed by atoms with Gasteiger partial charge in [0.25, 0.3) is 0 Å². The molecule has 0 atom stereocenters. The number of carbonyl (C=O) groups is 2. The zero-order valence-electron chi connectivity index (χ0n) is 14.4. The van der Waals surface area contributed by atoms with Gasteiger partial charge in [0.05, 0.1) is 5.56 Å². The molecule has 3 aromatic carbocycles. The van der Waals surface area contributed by atoms with Crippen LogP contribution in [0.15, 0.2) is 77.3 Å². The smallest absolute Gasteiger partial charge is 0.344 e. The molecule has 3 aromatic rings. The third-order valence-electron chi connectivity index (χ3n) is 3.84. The van der Waals surface area contributed by atoms with Crippen molar-refractivity contribution < 1.29 is 14.3 Å². The molecule has 0 aliphatic rings. The fraction of sp³-hybridized carbons (Fsp3) is 0. The number of ketones is 1. The Morgan fingerprint density at radius 1 is 0.857 bits per heavy atom. The second-order valence-electron chi connectivity index (χ2n) is 5.73. The first-order valence-corrected chi connectivity index (χ1v) is 9.74. The van der Waals surface area contributed by atoms with Gasteiger partial charge in [-0.1, -0.05) is 41.4 Å². The molecule has 0 radical (unpaired) electrons. The van der Waals surface area contributed by atoms with Gasteiger partial charge in [0.15, 0.2) is 5.78 Å². The van der Waals surface area contributed by atoms with Crippen LogP contribution in [0.4, 0.5) is 0 Å². The number of benzene rings is 3. The van der Waals surface area contributed by atoms with E-state index in [0.717, 1.165) is 0 Å². The maximum absolute atomic E-state index is 12.4. The lowest BCUT2D eigenvalue weighted by Crippen LogP contribution is -2.09. The summed E-state index contributed by atoms with van der Waals surface area (Å²) in [4.78, 5) is 24.6. The Balaban J connectivity index is 1.70. The van der Waals surface area contributed by atoms with E-state index in [4.69, 9.17) is 27.9 Å². The van der Waals surface area contributed by atoms with Crippen LogP contribution in [0.1, 0.15) is 26.3 Å². The van der Waals surface area contributed by atoms with Crippen LogP contribution in [0.3, 0.4) is 0 Å². The van der Waals surface area contributed by atoms with Crippen molar-refractivity contribution in [2.75, 3.05) is 0 Å². The van der Waals surface area contributed by atoms with Crippen molar-refractivity contribution in [3.63, 3.8) is 0 Å². The van der Waals surface area contributed by atoms with Crippen LogP contribution in [-0.2, 0) is 0 Å². The Bertz CT molecular complexity index is 1040. The molecule has 6 heteroatoms. The van der Waals surface area contributed by atoms with E-state index in [1.165, 1.54) is 6.08 Å². The second kappa shape index (κ2) is 9.20. The minimum atomic E-state index is -0.486. The van der Waals surface area contributed by atoms with Gasteiger partial charge in [0.1, 0.15) is 5.75 Å². The van der Waals surface area contributed by atoms with Crippen molar-refractivity contribution in [1.82, 2.24) is 0 Å². The van der Waals surface area contributed by atoms with Gasteiger partial charge in [0, 0.05) is 25.6 Å². The Hall–Kier alpha value is -2.40. The van der Waals surface area contributed by atoms with E-state index in [1.54, 1.807) is 66.7 Å². The number of hydrogen-bond acceptors (Lipinski definition) is 3. The zero-order valence-corrected chi connectivity index (χ0v) is 17.5. The molecular formula is C22H13BrCl2O3. The molecule has 0 spiro atoms. The van der Waals surface area contributed by atoms with Gasteiger partial charge < -0.3 is 4.74 Å². The highest BCUT2D eigenvalue weighted by molar-refractivity contribution is 9.10. The number of rotatable bonds is 5. The van der Waals surface area contributed by atoms with E-state index in [9.17, 15) is 9.59 Å². The van der Waals surface area contributed by atoms with E-state index >= 15 is 0 Å². The lowest BCUT2D eigenvalue weighted by Gasteiger charge is -2.06. The maximum atomic E-state index is 12.4. The monoisotopic (exact) mass is 474 g/mol. The highest BCUT2D eigenvalue weighted by Crippen LogP contribution is 2.26. The molecule has 3 rings (SSSR count). The number of halogens is 3. The molecule has 3 nitrogen and oxygen atoms in total. The zero-order chi connectivity index (χ0) is 20.1. The van der Waals surface area contributed by atoms with Gasteiger partial charge in [0.2, 0.25) is 0 Å². The standard InChI is InChI=1S/C22H13BrCl2O3/c23-18-5-2-1-4-16(18)22(27)28-15-10-8-14(9-11-15)21(26)13-12-17-19(24)6-3-7-20(17)25/h1-13H. The molecule has 0 N–H and O–H groups in total. The molecule has 0 saturated carbocycles. The third-order valence-corrected chi connectivity index (χ3v) is 5.19. The minimum Gasteiger partial charge on any atom is -0.423 e. The summed E-state index contributed by atoms with van der Waals surface area (Å²) in [6, 6.07) is 18.4.